The van der Waals surface area contributed by atoms with Gasteiger partial charge in [-0.2, -0.15) is 0 Å². The molecule has 0 aliphatic heterocycles. The molecule has 0 bridgehead atoms. The minimum atomic E-state index is -1.23. The number of halogens is 1. The van der Waals surface area contributed by atoms with Crippen molar-refractivity contribution in [1.29, 1.82) is 0 Å². The third-order valence-electron chi connectivity index (χ3n) is 2.65. The molecule has 0 heterocycles. The molecular formula is C14H12FNO3. The van der Waals surface area contributed by atoms with Crippen LogP contribution in [-0.2, 0) is 0 Å². The Balaban J connectivity index is 2.43. The summed E-state index contributed by atoms with van der Waals surface area (Å²) in [4.78, 5) is 10.9. The average molecular weight is 261 g/mol. The Kier molecular flexibility index (Phi) is 3.37. The normalized spacial score (nSPS) is 10.2. The summed E-state index contributed by atoms with van der Waals surface area (Å²) in [5.74, 6) is -1.64. The summed E-state index contributed by atoms with van der Waals surface area (Å²) in [6.45, 7) is 1.81. The molecule has 0 aromatic heterocycles. The van der Waals surface area contributed by atoms with Crippen molar-refractivity contribution < 1.29 is 19.0 Å². The number of carbonyl (C=O) groups is 1. The number of ether oxygens (including phenoxy) is 1. The number of para-hydroxylation sites is 1. The minimum Gasteiger partial charge on any atom is -0.478 e. The fraction of sp³-hybridized carbons (Fsp3) is 0.0714. The monoisotopic (exact) mass is 261 g/mol. The van der Waals surface area contributed by atoms with Gasteiger partial charge in [-0.25, -0.2) is 9.18 Å². The summed E-state index contributed by atoms with van der Waals surface area (Å²) in [6.07, 6.45) is 0. The molecular weight excluding hydrogens is 249 g/mol. The first-order valence-corrected chi connectivity index (χ1v) is 5.55. The van der Waals surface area contributed by atoms with E-state index in [4.69, 9.17) is 15.6 Å². The maximum Gasteiger partial charge on any atom is 0.337 e. The summed E-state index contributed by atoms with van der Waals surface area (Å²) in [5, 5.41) is 8.94. The molecule has 0 atom stereocenters. The van der Waals surface area contributed by atoms with E-state index in [0.29, 0.717) is 5.75 Å². The van der Waals surface area contributed by atoms with Crippen molar-refractivity contribution >= 4 is 11.7 Å². The summed E-state index contributed by atoms with van der Waals surface area (Å²) >= 11 is 0. The molecule has 0 saturated carbocycles. The maximum absolute atomic E-state index is 13.7. The molecule has 2 aromatic rings. The Hall–Kier alpha value is -2.56. The van der Waals surface area contributed by atoms with Gasteiger partial charge in [-0.3, -0.25) is 0 Å². The lowest BCUT2D eigenvalue weighted by Gasteiger charge is -2.11. The highest BCUT2D eigenvalue weighted by molar-refractivity contribution is 5.94. The van der Waals surface area contributed by atoms with Crippen LogP contribution in [0.1, 0.15) is 15.9 Å². The summed E-state index contributed by atoms with van der Waals surface area (Å²) < 4.78 is 19.1. The van der Waals surface area contributed by atoms with E-state index in [1.165, 1.54) is 0 Å². The minimum absolute atomic E-state index is 0.137. The van der Waals surface area contributed by atoms with Crippen LogP contribution in [0.3, 0.4) is 0 Å². The number of anilines is 1. The second-order valence-electron chi connectivity index (χ2n) is 4.04. The Labute approximate surface area is 109 Å². The van der Waals surface area contributed by atoms with Crippen LogP contribution in [0.4, 0.5) is 10.1 Å². The lowest BCUT2D eigenvalue weighted by molar-refractivity contribution is 0.0697. The second-order valence-corrected chi connectivity index (χ2v) is 4.04. The number of aromatic carboxylic acids is 1. The van der Waals surface area contributed by atoms with Crippen molar-refractivity contribution in [2.45, 2.75) is 6.92 Å². The molecule has 0 aliphatic rings. The highest BCUT2D eigenvalue weighted by Gasteiger charge is 2.15. The molecule has 0 radical (unpaired) electrons. The molecule has 98 valence electrons. The number of carboxylic acids is 1. The van der Waals surface area contributed by atoms with E-state index in [2.05, 4.69) is 0 Å². The number of benzene rings is 2. The highest BCUT2D eigenvalue weighted by Crippen LogP contribution is 2.30. The SMILES string of the molecule is Cc1ccccc1Oc1cc(C(=O)O)c(N)cc1F. The zero-order valence-electron chi connectivity index (χ0n) is 10.2. The fourth-order valence-corrected chi connectivity index (χ4v) is 1.62. The van der Waals surface area contributed by atoms with Gasteiger partial charge in [-0.05, 0) is 18.6 Å². The van der Waals surface area contributed by atoms with Gasteiger partial charge in [-0.1, -0.05) is 18.2 Å². The topological polar surface area (TPSA) is 72.5 Å². The average Bonchev–Trinajstić information content (AvgIpc) is 2.34. The van der Waals surface area contributed by atoms with Crippen LogP contribution in [0.15, 0.2) is 36.4 Å². The summed E-state index contributed by atoms with van der Waals surface area (Å²) in [6, 6.07) is 9.07. The van der Waals surface area contributed by atoms with E-state index >= 15 is 0 Å². The fourth-order valence-electron chi connectivity index (χ4n) is 1.62. The van der Waals surface area contributed by atoms with E-state index in [1.807, 2.05) is 19.1 Å². The zero-order chi connectivity index (χ0) is 14.0. The van der Waals surface area contributed by atoms with Gasteiger partial charge in [0.25, 0.3) is 0 Å². The quantitative estimate of drug-likeness (QED) is 0.832. The Bertz CT molecular complexity index is 641. The molecule has 5 heteroatoms. The van der Waals surface area contributed by atoms with Crippen molar-refractivity contribution in [3.63, 3.8) is 0 Å². The number of nitrogens with two attached hydrogens (primary N) is 1. The lowest BCUT2D eigenvalue weighted by Crippen LogP contribution is -2.04. The Morgan fingerprint density at radius 3 is 2.58 bits per heavy atom. The number of hydrogen-bond acceptors (Lipinski definition) is 3. The predicted molar refractivity (Wildman–Crippen MR) is 69.0 cm³/mol. The van der Waals surface area contributed by atoms with E-state index in [9.17, 15) is 9.18 Å². The van der Waals surface area contributed by atoms with Crippen LogP contribution < -0.4 is 10.5 Å². The van der Waals surface area contributed by atoms with Gasteiger partial charge in [0.05, 0.1) is 5.56 Å². The molecule has 0 unspecified atom stereocenters. The van der Waals surface area contributed by atoms with Crippen LogP contribution in [0.2, 0.25) is 0 Å². The molecule has 2 aromatic carbocycles. The van der Waals surface area contributed by atoms with Crippen molar-refractivity contribution in [1.82, 2.24) is 0 Å². The first-order valence-electron chi connectivity index (χ1n) is 5.55. The van der Waals surface area contributed by atoms with Crippen LogP contribution in [0, 0.1) is 12.7 Å². The third-order valence-corrected chi connectivity index (χ3v) is 2.65. The largest absolute Gasteiger partial charge is 0.478 e. The first kappa shape index (κ1) is 12.9. The van der Waals surface area contributed by atoms with Crippen molar-refractivity contribution in [2.75, 3.05) is 5.73 Å². The van der Waals surface area contributed by atoms with Gasteiger partial charge in [0.1, 0.15) is 5.75 Å². The van der Waals surface area contributed by atoms with Crippen LogP contribution >= 0.6 is 0 Å². The van der Waals surface area contributed by atoms with Gasteiger partial charge in [-0.15, -0.1) is 0 Å². The number of carboxylic acid groups (broad SMARTS) is 1. The number of nitrogen functional groups attached to an aromatic ring is 1. The second kappa shape index (κ2) is 4.97. The number of rotatable bonds is 3. The molecule has 19 heavy (non-hydrogen) atoms. The Morgan fingerprint density at radius 2 is 1.95 bits per heavy atom. The lowest BCUT2D eigenvalue weighted by atomic mass is 10.1. The Morgan fingerprint density at radius 1 is 1.26 bits per heavy atom. The summed E-state index contributed by atoms with van der Waals surface area (Å²) in [7, 11) is 0. The van der Waals surface area contributed by atoms with Gasteiger partial charge >= 0.3 is 5.97 Å². The van der Waals surface area contributed by atoms with Crippen LogP contribution in [0.25, 0.3) is 0 Å². The molecule has 0 aliphatic carbocycles. The third kappa shape index (κ3) is 2.65. The zero-order valence-corrected chi connectivity index (χ0v) is 10.2. The molecule has 0 amide bonds. The van der Waals surface area contributed by atoms with Gasteiger partial charge in [0, 0.05) is 17.8 Å². The van der Waals surface area contributed by atoms with Crippen LogP contribution in [-0.4, -0.2) is 11.1 Å². The smallest absolute Gasteiger partial charge is 0.337 e. The van der Waals surface area contributed by atoms with Gasteiger partial charge in [0.15, 0.2) is 11.6 Å². The summed E-state index contributed by atoms with van der Waals surface area (Å²) in [5.41, 5.74) is 5.93. The van der Waals surface area contributed by atoms with Crippen molar-refractivity contribution in [2.24, 2.45) is 0 Å². The van der Waals surface area contributed by atoms with Crippen molar-refractivity contribution in [3.8, 4) is 11.5 Å². The molecule has 3 N–H and O–H groups in total. The van der Waals surface area contributed by atoms with Gasteiger partial charge in [0.2, 0.25) is 0 Å². The van der Waals surface area contributed by atoms with E-state index in [-0.39, 0.29) is 17.0 Å². The van der Waals surface area contributed by atoms with Gasteiger partial charge < -0.3 is 15.6 Å². The molecule has 0 saturated heterocycles. The van der Waals surface area contributed by atoms with Crippen molar-refractivity contribution in [3.05, 3.63) is 53.3 Å². The standard InChI is InChI=1S/C14H12FNO3/c1-8-4-2-3-5-12(8)19-13-6-9(14(17)18)11(16)7-10(13)15/h2-7H,16H2,1H3,(H,17,18). The van der Waals surface area contributed by atoms with Crippen LogP contribution in [0.5, 0.6) is 11.5 Å². The molecule has 0 fully saturated rings. The highest BCUT2D eigenvalue weighted by atomic mass is 19.1. The first-order chi connectivity index (χ1) is 8.99. The van der Waals surface area contributed by atoms with E-state index < -0.39 is 11.8 Å². The molecule has 0 spiro atoms. The van der Waals surface area contributed by atoms with E-state index in [1.54, 1.807) is 12.1 Å². The molecule has 2 rings (SSSR count). The maximum atomic E-state index is 13.7. The van der Waals surface area contributed by atoms with E-state index in [0.717, 1.165) is 17.7 Å². The molecule has 4 nitrogen and oxygen atoms in total. The predicted octanol–water partition coefficient (Wildman–Crippen LogP) is 3.21. The number of aryl methyl sites for hydroxylation is 1. The number of hydrogen-bond donors (Lipinski definition) is 2.